The summed E-state index contributed by atoms with van der Waals surface area (Å²) in [6.45, 7) is 6.84. The van der Waals surface area contributed by atoms with Gasteiger partial charge in [0.2, 0.25) is 0 Å². The maximum atomic E-state index is 12.6. The largest absolute Gasteiger partial charge is 0.497 e. The molecule has 2 fully saturated rings. The highest BCUT2D eigenvalue weighted by Crippen LogP contribution is 2.22. The predicted molar refractivity (Wildman–Crippen MR) is 113 cm³/mol. The van der Waals surface area contributed by atoms with Crippen LogP contribution in [0, 0.1) is 0 Å². The van der Waals surface area contributed by atoms with E-state index < -0.39 is 0 Å². The number of likely N-dealkylation sites (N-methyl/N-ethyl adjacent to an activating group) is 1. The molecule has 1 aromatic heterocycles. The zero-order valence-electron chi connectivity index (χ0n) is 17.1. The van der Waals surface area contributed by atoms with E-state index in [-0.39, 0.29) is 5.91 Å². The molecule has 8 heteroatoms. The van der Waals surface area contributed by atoms with Gasteiger partial charge in [-0.3, -0.25) is 4.79 Å². The Bertz CT molecular complexity index is 810. The van der Waals surface area contributed by atoms with E-state index in [1.54, 1.807) is 19.5 Å². The van der Waals surface area contributed by atoms with Crippen LogP contribution in [0.5, 0.6) is 5.75 Å². The highest BCUT2D eigenvalue weighted by Gasteiger charge is 2.23. The monoisotopic (exact) mass is 396 g/mol. The van der Waals surface area contributed by atoms with Gasteiger partial charge < -0.3 is 24.3 Å². The van der Waals surface area contributed by atoms with Crippen molar-refractivity contribution in [1.29, 1.82) is 0 Å². The first kappa shape index (κ1) is 19.4. The number of carbonyl (C=O) groups is 1. The zero-order valence-corrected chi connectivity index (χ0v) is 17.1. The van der Waals surface area contributed by atoms with E-state index in [1.165, 1.54) is 5.69 Å². The number of benzene rings is 1. The minimum atomic E-state index is -0.0264. The summed E-state index contributed by atoms with van der Waals surface area (Å²) in [7, 11) is 3.75. The number of nitrogens with zero attached hydrogens (tertiary/aromatic N) is 6. The molecular weight excluding hydrogens is 368 g/mol. The van der Waals surface area contributed by atoms with Crippen molar-refractivity contribution in [2.24, 2.45) is 0 Å². The molecule has 0 bridgehead atoms. The van der Waals surface area contributed by atoms with Crippen molar-refractivity contribution in [3.8, 4) is 5.75 Å². The summed E-state index contributed by atoms with van der Waals surface area (Å²) in [6, 6.07) is 8.16. The molecule has 29 heavy (non-hydrogen) atoms. The maximum absolute atomic E-state index is 12.6. The summed E-state index contributed by atoms with van der Waals surface area (Å²) in [6.07, 6.45) is 3.35. The van der Waals surface area contributed by atoms with Crippen LogP contribution in [-0.4, -0.2) is 92.2 Å². The normalized spacial score (nSPS) is 18.1. The van der Waals surface area contributed by atoms with Gasteiger partial charge in [-0.2, -0.15) is 0 Å². The van der Waals surface area contributed by atoms with E-state index in [2.05, 4.69) is 43.8 Å². The molecular formula is C21H28N6O2. The third kappa shape index (κ3) is 4.42. The summed E-state index contributed by atoms with van der Waals surface area (Å²) in [4.78, 5) is 30.2. The first-order valence-corrected chi connectivity index (χ1v) is 10.1. The number of piperazine rings is 2. The van der Waals surface area contributed by atoms with Crippen LogP contribution >= 0.6 is 0 Å². The average molecular weight is 396 g/mol. The lowest BCUT2D eigenvalue weighted by Gasteiger charge is -2.36. The van der Waals surface area contributed by atoms with Gasteiger partial charge in [0, 0.05) is 58.0 Å². The van der Waals surface area contributed by atoms with Crippen molar-refractivity contribution in [2.75, 3.05) is 76.3 Å². The van der Waals surface area contributed by atoms with E-state index in [1.807, 2.05) is 17.0 Å². The fourth-order valence-corrected chi connectivity index (χ4v) is 3.75. The summed E-state index contributed by atoms with van der Waals surface area (Å²) in [5.41, 5.74) is 1.62. The van der Waals surface area contributed by atoms with Crippen LogP contribution in [0.4, 0.5) is 11.5 Å². The maximum Gasteiger partial charge on any atom is 0.274 e. The standard InChI is InChI=1S/C21H28N6O2/c1-24-7-9-27(10-8-24)21(28)19-15-23-20(16-22-19)26-13-11-25(12-14-26)17-3-5-18(29-2)6-4-17/h3-6,15-16H,7-14H2,1-2H3. The Kier molecular flexibility index (Phi) is 5.80. The fourth-order valence-electron chi connectivity index (χ4n) is 3.75. The van der Waals surface area contributed by atoms with Crippen LogP contribution in [0.3, 0.4) is 0 Å². The molecule has 0 aliphatic carbocycles. The number of carbonyl (C=O) groups excluding carboxylic acids is 1. The van der Waals surface area contributed by atoms with Crippen LogP contribution in [-0.2, 0) is 0 Å². The number of rotatable bonds is 4. The Morgan fingerprint density at radius 3 is 2.10 bits per heavy atom. The summed E-state index contributed by atoms with van der Waals surface area (Å²) < 4.78 is 5.23. The molecule has 2 aliphatic heterocycles. The lowest BCUT2D eigenvalue weighted by Crippen LogP contribution is -2.47. The zero-order chi connectivity index (χ0) is 20.2. The van der Waals surface area contributed by atoms with Gasteiger partial charge in [-0.1, -0.05) is 0 Å². The molecule has 1 amide bonds. The van der Waals surface area contributed by atoms with Gasteiger partial charge in [0.25, 0.3) is 5.91 Å². The number of methoxy groups -OCH3 is 1. The lowest BCUT2D eigenvalue weighted by atomic mass is 10.2. The molecule has 1 aromatic carbocycles. The summed E-state index contributed by atoms with van der Waals surface area (Å²) in [5, 5.41) is 0. The Hall–Kier alpha value is -2.87. The molecule has 3 heterocycles. The smallest absolute Gasteiger partial charge is 0.274 e. The van der Waals surface area contributed by atoms with Gasteiger partial charge in [0.1, 0.15) is 17.3 Å². The first-order valence-electron chi connectivity index (χ1n) is 10.1. The Labute approximate surface area is 171 Å². The molecule has 8 nitrogen and oxygen atoms in total. The number of hydrogen-bond donors (Lipinski definition) is 0. The minimum Gasteiger partial charge on any atom is -0.497 e. The molecule has 0 N–H and O–H groups in total. The van der Waals surface area contributed by atoms with E-state index >= 15 is 0 Å². The van der Waals surface area contributed by atoms with Crippen molar-refractivity contribution >= 4 is 17.4 Å². The van der Waals surface area contributed by atoms with Gasteiger partial charge >= 0.3 is 0 Å². The Morgan fingerprint density at radius 1 is 0.862 bits per heavy atom. The highest BCUT2D eigenvalue weighted by molar-refractivity contribution is 5.92. The van der Waals surface area contributed by atoms with Crippen LogP contribution < -0.4 is 14.5 Å². The van der Waals surface area contributed by atoms with Crippen molar-refractivity contribution in [1.82, 2.24) is 19.8 Å². The molecule has 0 saturated carbocycles. The van der Waals surface area contributed by atoms with E-state index in [4.69, 9.17) is 4.74 Å². The van der Waals surface area contributed by atoms with Crippen molar-refractivity contribution in [3.05, 3.63) is 42.4 Å². The number of ether oxygens (including phenoxy) is 1. The minimum absolute atomic E-state index is 0.0264. The fraction of sp³-hybridized carbons (Fsp3) is 0.476. The lowest BCUT2D eigenvalue weighted by molar-refractivity contribution is 0.0658. The van der Waals surface area contributed by atoms with Gasteiger partial charge in [-0.25, -0.2) is 9.97 Å². The Morgan fingerprint density at radius 2 is 1.52 bits per heavy atom. The summed E-state index contributed by atoms with van der Waals surface area (Å²) >= 11 is 0. The van der Waals surface area contributed by atoms with Crippen molar-refractivity contribution < 1.29 is 9.53 Å². The first-order chi connectivity index (χ1) is 14.1. The molecule has 0 spiro atoms. The van der Waals surface area contributed by atoms with Gasteiger partial charge in [0.05, 0.1) is 19.5 Å². The summed E-state index contributed by atoms with van der Waals surface area (Å²) in [5.74, 6) is 1.67. The molecule has 4 rings (SSSR count). The molecule has 2 saturated heterocycles. The van der Waals surface area contributed by atoms with Crippen LogP contribution in [0.1, 0.15) is 10.5 Å². The topological polar surface area (TPSA) is 65.0 Å². The van der Waals surface area contributed by atoms with Crippen LogP contribution in [0.2, 0.25) is 0 Å². The molecule has 2 aliphatic rings. The van der Waals surface area contributed by atoms with Crippen molar-refractivity contribution in [2.45, 2.75) is 0 Å². The molecule has 154 valence electrons. The number of amides is 1. The average Bonchev–Trinajstić information content (AvgIpc) is 2.79. The third-order valence-corrected chi connectivity index (χ3v) is 5.69. The van der Waals surface area contributed by atoms with E-state index in [0.717, 1.165) is 63.9 Å². The predicted octanol–water partition coefficient (Wildman–Crippen LogP) is 1.20. The van der Waals surface area contributed by atoms with Gasteiger partial charge in [-0.05, 0) is 31.3 Å². The highest BCUT2D eigenvalue weighted by atomic mass is 16.5. The number of aromatic nitrogens is 2. The quantitative estimate of drug-likeness (QED) is 0.769. The molecule has 0 unspecified atom stereocenters. The van der Waals surface area contributed by atoms with Crippen molar-refractivity contribution in [3.63, 3.8) is 0 Å². The second kappa shape index (κ2) is 8.65. The van der Waals surface area contributed by atoms with E-state index in [9.17, 15) is 4.79 Å². The van der Waals surface area contributed by atoms with E-state index in [0.29, 0.717) is 5.69 Å². The SMILES string of the molecule is COc1ccc(N2CCN(c3cnc(C(=O)N4CCN(C)CC4)cn3)CC2)cc1. The molecule has 0 radical (unpaired) electrons. The Balaban J connectivity index is 1.33. The molecule has 0 atom stereocenters. The number of hydrogen-bond acceptors (Lipinski definition) is 7. The second-order valence-corrected chi connectivity index (χ2v) is 7.53. The van der Waals surface area contributed by atoms with Gasteiger partial charge in [0.15, 0.2) is 0 Å². The van der Waals surface area contributed by atoms with Crippen LogP contribution in [0.15, 0.2) is 36.7 Å². The van der Waals surface area contributed by atoms with Crippen LogP contribution in [0.25, 0.3) is 0 Å². The van der Waals surface area contributed by atoms with Gasteiger partial charge in [-0.15, -0.1) is 0 Å². The third-order valence-electron chi connectivity index (χ3n) is 5.69. The number of anilines is 2. The second-order valence-electron chi connectivity index (χ2n) is 7.53. The molecule has 2 aromatic rings.